The van der Waals surface area contributed by atoms with E-state index in [0.717, 1.165) is 33.9 Å². The van der Waals surface area contributed by atoms with Crippen molar-refractivity contribution in [1.82, 2.24) is 0 Å². The monoisotopic (exact) mass is 468 g/mol. The normalized spacial score (nSPS) is 10.7. The highest BCUT2D eigenvalue weighted by Gasteiger charge is 2.30. The minimum atomic E-state index is -4.71. The summed E-state index contributed by atoms with van der Waals surface area (Å²) in [6.45, 7) is 2.19. The van der Waals surface area contributed by atoms with Crippen molar-refractivity contribution < 1.29 is 17.9 Å². The molecule has 0 aliphatic heterocycles. The van der Waals surface area contributed by atoms with Crippen LogP contribution in [0.2, 0.25) is 0 Å². The maximum absolute atomic E-state index is 12.3. The third-order valence-corrected chi connectivity index (χ3v) is 5.47. The first-order valence-electron chi connectivity index (χ1n) is 11.4. The Morgan fingerprint density at radius 1 is 0.657 bits per heavy atom. The van der Waals surface area contributed by atoms with Crippen LogP contribution in [-0.2, 0) is 6.42 Å². The van der Waals surface area contributed by atoms with Gasteiger partial charge in [-0.1, -0.05) is 73.4 Å². The summed E-state index contributed by atoms with van der Waals surface area (Å²) in [6.07, 6.45) is -1.26. The zero-order valence-electron chi connectivity index (χ0n) is 19.2. The quantitative estimate of drug-likeness (QED) is 0.277. The highest BCUT2D eigenvalue weighted by molar-refractivity contribution is 5.93. The van der Waals surface area contributed by atoms with E-state index in [-0.39, 0.29) is 5.75 Å². The molecule has 4 aromatic rings. The molecule has 0 saturated carbocycles. The van der Waals surface area contributed by atoms with Gasteiger partial charge in [0.2, 0.25) is 0 Å². The predicted octanol–water partition coefficient (Wildman–Crippen LogP) is 7.88. The molecule has 0 amide bonds. The molecule has 0 atom stereocenters. The van der Waals surface area contributed by atoms with Crippen LogP contribution in [0.3, 0.4) is 0 Å². The number of benzene rings is 4. The summed E-state index contributed by atoms with van der Waals surface area (Å²) in [7, 11) is 0. The Balaban J connectivity index is 1.57. The number of hydrogen-bond acceptors (Lipinski definition) is 1. The number of alkyl halides is 3. The Morgan fingerprint density at radius 3 is 1.66 bits per heavy atom. The Morgan fingerprint density at radius 2 is 1.17 bits per heavy atom. The first kappa shape index (κ1) is 24.0. The van der Waals surface area contributed by atoms with Crippen molar-refractivity contribution in [3.8, 4) is 29.4 Å². The molecule has 0 saturated heterocycles. The summed E-state index contributed by atoms with van der Waals surface area (Å²) < 4.78 is 40.9. The number of hydrogen-bond donors (Lipinski definition) is 0. The van der Waals surface area contributed by atoms with Crippen LogP contribution < -0.4 is 4.74 Å². The summed E-state index contributed by atoms with van der Waals surface area (Å²) in [4.78, 5) is 0. The molecular weight excluding hydrogens is 445 g/mol. The molecule has 0 N–H and O–H groups in total. The summed E-state index contributed by atoms with van der Waals surface area (Å²) in [5.74, 6) is 12.4. The van der Waals surface area contributed by atoms with Gasteiger partial charge in [-0.25, -0.2) is 0 Å². The summed E-state index contributed by atoms with van der Waals surface area (Å²) in [6, 6.07) is 25.7. The highest BCUT2D eigenvalue weighted by Crippen LogP contribution is 2.24. The molecule has 4 rings (SSSR count). The number of aryl methyl sites for hydroxylation is 1. The van der Waals surface area contributed by atoms with E-state index in [1.807, 2.05) is 36.4 Å². The molecule has 0 aliphatic rings. The Labute approximate surface area is 203 Å². The maximum atomic E-state index is 12.3. The lowest BCUT2D eigenvalue weighted by atomic mass is 9.99. The molecule has 4 aromatic carbocycles. The third kappa shape index (κ3) is 6.69. The van der Waals surface area contributed by atoms with Crippen LogP contribution in [0.25, 0.3) is 10.8 Å². The second-order valence-corrected chi connectivity index (χ2v) is 8.08. The van der Waals surface area contributed by atoms with Gasteiger partial charge < -0.3 is 4.74 Å². The van der Waals surface area contributed by atoms with E-state index in [1.54, 1.807) is 0 Å². The molecule has 35 heavy (non-hydrogen) atoms. The molecule has 0 radical (unpaired) electrons. The van der Waals surface area contributed by atoms with Gasteiger partial charge in [-0.05, 0) is 77.7 Å². The van der Waals surface area contributed by atoms with Crippen LogP contribution >= 0.6 is 0 Å². The summed E-state index contributed by atoms with van der Waals surface area (Å²) in [5.41, 5.74) is 4.62. The third-order valence-electron chi connectivity index (χ3n) is 5.47. The number of rotatable bonds is 4. The molecule has 0 fully saturated rings. The number of ether oxygens (including phenoxy) is 1. The molecule has 174 valence electrons. The Hall–Kier alpha value is -4.15. The van der Waals surface area contributed by atoms with Gasteiger partial charge >= 0.3 is 6.36 Å². The van der Waals surface area contributed by atoms with Crippen molar-refractivity contribution in [3.63, 3.8) is 0 Å². The molecule has 0 spiro atoms. The van der Waals surface area contributed by atoms with Crippen LogP contribution in [0.1, 0.15) is 47.6 Å². The second kappa shape index (κ2) is 10.9. The topological polar surface area (TPSA) is 9.23 Å². The lowest BCUT2D eigenvalue weighted by molar-refractivity contribution is -0.274. The lowest BCUT2D eigenvalue weighted by Crippen LogP contribution is -2.16. The molecule has 0 unspecified atom stereocenters. The van der Waals surface area contributed by atoms with Gasteiger partial charge in [-0.3, -0.25) is 0 Å². The predicted molar refractivity (Wildman–Crippen MR) is 134 cm³/mol. The number of unbranched alkanes of at least 4 members (excludes halogenated alkanes) is 1. The molecule has 0 heterocycles. The van der Waals surface area contributed by atoms with Gasteiger partial charge in [-0.2, -0.15) is 0 Å². The summed E-state index contributed by atoms with van der Waals surface area (Å²) in [5, 5.41) is 1.97. The van der Waals surface area contributed by atoms with E-state index in [1.165, 1.54) is 42.7 Å². The number of halogens is 3. The van der Waals surface area contributed by atoms with E-state index >= 15 is 0 Å². The molecule has 0 aromatic heterocycles. The van der Waals surface area contributed by atoms with Gasteiger partial charge in [-0.15, -0.1) is 13.2 Å². The second-order valence-electron chi connectivity index (χ2n) is 8.08. The van der Waals surface area contributed by atoms with Crippen molar-refractivity contribution in [2.75, 3.05) is 0 Å². The van der Waals surface area contributed by atoms with Crippen LogP contribution in [-0.4, -0.2) is 6.36 Å². The first-order chi connectivity index (χ1) is 16.9. The fraction of sp³-hybridized carbons (Fsp3) is 0.161. The lowest BCUT2D eigenvalue weighted by Gasteiger charge is -2.08. The van der Waals surface area contributed by atoms with Crippen molar-refractivity contribution in [3.05, 3.63) is 113 Å². The van der Waals surface area contributed by atoms with E-state index in [2.05, 4.69) is 59.6 Å². The number of fused-ring (bicyclic) bond motifs is 1. The van der Waals surface area contributed by atoms with Crippen LogP contribution in [0.5, 0.6) is 5.75 Å². The van der Waals surface area contributed by atoms with Gasteiger partial charge in [0.25, 0.3) is 0 Å². The summed E-state index contributed by atoms with van der Waals surface area (Å²) >= 11 is 0. The van der Waals surface area contributed by atoms with Crippen LogP contribution in [0.4, 0.5) is 13.2 Å². The van der Waals surface area contributed by atoms with E-state index in [4.69, 9.17) is 0 Å². The van der Waals surface area contributed by atoms with E-state index in [9.17, 15) is 13.2 Å². The van der Waals surface area contributed by atoms with E-state index in [0.29, 0.717) is 5.56 Å². The van der Waals surface area contributed by atoms with Crippen LogP contribution in [0, 0.1) is 23.7 Å². The smallest absolute Gasteiger partial charge is 0.406 e. The highest BCUT2D eigenvalue weighted by atomic mass is 19.4. The fourth-order valence-corrected chi connectivity index (χ4v) is 3.67. The van der Waals surface area contributed by atoms with Gasteiger partial charge in [0.1, 0.15) is 5.75 Å². The Kier molecular flexibility index (Phi) is 7.44. The van der Waals surface area contributed by atoms with Gasteiger partial charge in [0.05, 0.1) is 0 Å². The maximum Gasteiger partial charge on any atom is 0.573 e. The van der Waals surface area contributed by atoms with Crippen molar-refractivity contribution in [2.24, 2.45) is 0 Å². The fourth-order valence-electron chi connectivity index (χ4n) is 3.67. The SMILES string of the molecule is CCCCc1ccc(C#Cc2ccc(C#Cc3ccc(OC(F)(F)F)cc3)c3ccccc23)cc1. The minimum Gasteiger partial charge on any atom is -0.406 e. The molecule has 4 heteroatoms. The van der Waals surface area contributed by atoms with Crippen LogP contribution in [0.15, 0.2) is 84.9 Å². The Bertz CT molecular complexity index is 1430. The molecular formula is C31H23F3O. The van der Waals surface area contributed by atoms with Crippen molar-refractivity contribution in [1.29, 1.82) is 0 Å². The molecule has 0 aliphatic carbocycles. The zero-order valence-corrected chi connectivity index (χ0v) is 19.2. The average molecular weight is 469 g/mol. The van der Waals surface area contributed by atoms with Crippen molar-refractivity contribution in [2.45, 2.75) is 32.5 Å². The molecule has 1 nitrogen and oxygen atoms in total. The minimum absolute atomic E-state index is 0.271. The zero-order chi connectivity index (χ0) is 24.7. The first-order valence-corrected chi connectivity index (χ1v) is 11.4. The van der Waals surface area contributed by atoms with Gasteiger partial charge in [0.15, 0.2) is 0 Å². The van der Waals surface area contributed by atoms with Gasteiger partial charge in [0, 0.05) is 22.3 Å². The van der Waals surface area contributed by atoms with E-state index < -0.39 is 6.36 Å². The largest absolute Gasteiger partial charge is 0.573 e. The standard InChI is InChI=1S/C31H23F3O/c1-2-3-6-23-9-11-24(12-10-23)13-17-26-19-20-27(30-8-5-4-7-29(26)30)18-14-25-15-21-28(22-16-25)35-31(32,33)34/h4-5,7-12,15-16,19-22H,2-3,6H2,1H3. The molecule has 0 bridgehead atoms. The van der Waals surface area contributed by atoms with Crippen molar-refractivity contribution >= 4 is 10.8 Å². The average Bonchev–Trinajstić information content (AvgIpc) is 2.86.